The minimum Gasteiger partial charge on any atom is -0.462 e. The first-order chi connectivity index (χ1) is 12.2. The maximum Gasteiger partial charge on any atom is 0.415 e. The van der Waals surface area contributed by atoms with Gasteiger partial charge in [0.25, 0.3) is 0 Å². The number of carbonyl (C=O) groups excluding carboxylic acids is 1. The van der Waals surface area contributed by atoms with Crippen molar-refractivity contribution in [1.29, 1.82) is 0 Å². The van der Waals surface area contributed by atoms with Gasteiger partial charge in [-0.2, -0.15) is 18.3 Å². The number of rotatable bonds is 6. The van der Waals surface area contributed by atoms with Crippen LogP contribution in [0.1, 0.15) is 36.7 Å². The number of esters is 1. The molecular formula is C18H19F3N2O3. The molecule has 0 aliphatic rings. The van der Waals surface area contributed by atoms with Gasteiger partial charge in [-0.1, -0.05) is 12.1 Å². The molecule has 0 N–H and O–H groups in total. The number of allylic oxidation sites excluding steroid dienone is 2. The van der Waals surface area contributed by atoms with Gasteiger partial charge in [0.2, 0.25) is 0 Å². The molecular weight excluding hydrogens is 349 g/mol. The van der Waals surface area contributed by atoms with Gasteiger partial charge in [-0.05, 0) is 38.5 Å². The van der Waals surface area contributed by atoms with Crippen molar-refractivity contribution in [3.63, 3.8) is 0 Å². The molecule has 0 atom stereocenters. The molecule has 8 heteroatoms. The lowest BCUT2D eigenvalue weighted by Crippen LogP contribution is -2.13. The average Bonchev–Trinajstić information content (AvgIpc) is 3.04. The maximum atomic E-state index is 12.6. The molecule has 5 nitrogen and oxygen atoms in total. The maximum absolute atomic E-state index is 12.6. The van der Waals surface area contributed by atoms with Crippen molar-refractivity contribution >= 4 is 5.97 Å². The fourth-order valence-corrected chi connectivity index (χ4v) is 2.07. The van der Waals surface area contributed by atoms with Crippen molar-refractivity contribution in [1.82, 2.24) is 9.78 Å². The third kappa shape index (κ3) is 5.11. The highest BCUT2D eigenvalue weighted by Crippen LogP contribution is 2.28. The molecule has 0 spiro atoms. The molecule has 140 valence electrons. The number of aromatic nitrogens is 2. The smallest absolute Gasteiger partial charge is 0.415 e. The van der Waals surface area contributed by atoms with Crippen molar-refractivity contribution in [2.75, 3.05) is 6.61 Å². The molecule has 0 fully saturated rings. The van der Waals surface area contributed by atoms with Crippen molar-refractivity contribution in [2.45, 2.75) is 33.5 Å². The van der Waals surface area contributed by atoms with Gasteiger partial charge in [-0.15, -0.1) is 0 Å². The van der Waals surface area contributed by atoms with E-state index in [1.165, 1.54) is 13.1 Å². The van der Waals surface area contributed by atoms with Gasteiger partial charge < -0.3 is 9.47 Å². The molecule has 2 aromatic rings. The number of hydrogen-bond acceptors (Lipinski definition) is 4. The largest absolute Gasteiger partial charge is 0.462 e. The van der Waals surface area contributed by atoms with E-state index in [0.29, 0.717) is 17.9 Å². The summed E-state index contributed by atoms with van der Waals surface area (Å²) in [6, 6.07) is 6.60. The van der Waals surface area contributed by atoms with Crippen LogP contribution in [0, 0.1) is 0 Å². The molecule has 0 aliphatic carbocycles. The summed E-state index contributed by atoms with van der Waals surface area (Å²) in [5.74, 6) is -0.330. The van der Waals surface area contributed by atoms with E-state index in [1.54, 1.807) is 42.1 Å². The second kappa shape index (κ2) is 8.07. The fourth-order valence-electron chi connectivity index (χ4n) is 2.07. The lowest BCUT2D eigenvalue weighted by atomic mass is 10.2. The Morgan fingerprint density at radius 1 is 1.19 bits per heavy atom. The number of benzene rings is 1. The van der Waals surface area contributed by atoms with Crippen LogP contribution in [0.15, 0.2) is 48.0 Å². The van der Waals surface area contributed by atoms with E-state index in [1.807, 2.05) is 0 Å². The highest BCUT2D eigenvalue weighted by molar-refractivity contribution is 5.88. The predicted molar refractivity (Wildman–Crippen MR) is 88.8 cm³/mol. The van der Waals surface area contributed by atoms with Crippen molar-refractivity contribution in [2.24, 2.45) is 0 Å². The van der Waals surface area contributed by atoms with E-state index in [9.17, 15) is 18.0 Å². The zero-order valence-electron chi connectivity index (χ0n) is 14.6. The Labute approximate surface area is 149 Å². The fraction of sp³-hybridized carbons (Fsp3) is 0.333. The molecule has 0 bridgehead atoms. The Bertz CT molecular complexity index is 793. The van der Waals surface area contributed by atoms with Crippen molar-refractivity contribution in [3.05, 3.63) is 59.1 Å². The Kier molecular flexibility index (Phi) is 6.07. The summed E-state index contributed by atoms with van der Waals surface area (Å²) < 4.78 is 49.6. The third-order valence-electron chi connectivity index (χ3n) is 3.64. The quantitative estimate of drug-likeness (QED) is 0.562. The molecule has 1 aromatic heterocycles. The third-order valence-corrected chi connectivity index (χ3v) is 3.64. The average molecular weight is 368 g/mol. The van der Waals surface area contributed by atoms with E-state index in [-0.39, 0.29) is 12.4 Å². The number of ether oxygens (including phenoxy) is 2. The summed E-state index contributed by atoms with van der Waals surface area (Å²) in [6.07, 6.45) is -1.42. The topological polar surface area (TPSA) is 53.3 Å². The van der Waals surface area contributed by atoms with Crippen LogP contribution in [0.3, 0.4) is 0 Å². The Hall–Kier alpha value is -2.77. The molecule has 0 unspecified atom stereocenters. The minimum absolute atomic E-state index is 0.198. The lowest BCUT2D eigenvalue weighted by Gasteiger charge is -2.13. The van der Waals surface area contributed by atoms with Gasteiger partial charge in [0.15, 0.2) is 0 Å². The van der Waals surface area contributed by atoms with E-state index in [2.05, 4.69) is 5.10 Å². The number of halogens is 3. The summed E-state index contributed by atoms with van der Waals surface area (Å²) in [4.78, 5) is 11.6. The van der Waals surface area contributed by atoms with Gasteiger partial charge in [0.1, 0.15) is 11.5 Å². The number of hydrogen-bond donors (Lipinski definition) is 0. The zero-order valence-corrected chi connectivity index (χ0v) is 14.6. The standard InChI is InChI=1S/C18H19F3N2O3/c1-4-25-17(24)15-9-22-23(11-15)10-14-5-7-16(8-6-14)26-13(3)12(2)18(19,20)21/h5-9,11H,4,10H2,1-3H3/b13-12+. The van der Waals surface area contributed by atoms with E-state index in [0.717, 1.165) is 12.5 Å². The van der Waals surface area contributed by atoms with Gasteiger partial charge in [0, 0.05) is 6.20 Å². The first-order valence-electron chi connectivity index (χ1n) is 7.91. The summed E-state index contributed by atoms with van der Waals surface area (Å²) in [6.45, 7) is 4.65. The SMILES string of the molecule is CCOC(=O)c1cnn(Cc2ccc(O/C(C)=C(\C)C(F)(F)F)cc2)c1. The summed E-state index contributed by atoms with van der Waals surface area (Å²) in [5, 5.41) is 4.09. The lowest BCUT2D eigenvalue weighted by molar-refractivity contribution is -0.0937. The highest BCUT2D eigenvalue weighted by atomic mass is 19.4. The second-order valence-electron chi connectivity index (χ2n) is 5.57. The molecule has 0 radical (unpaired) electrons. The van der Waals surface area contributed by atoms with E-state index >= 15 is 0 Å². The van der Waals surface area contributed by atoms with Crippen LogP contribution in [0.4, 0.5) is 13.2 Å². The van der Waals surface area contributed by atoms with Gasteiger partial charge in [-0.3, -0.25) is 4.68 Å². The Morgan fingerprint density at radius 3 is 2.42 bits per heavy atom. The first-order valence-corrected chi connectivity index (χ1v) is 7.91. The second-order valence-corrected chi connectivity index (χ2v) is 5.57. The summed E-state index contributed by atoms with van der Waals surface area (Å²) in [5.41, 5.74) is 0.435. The minimum atomic E-state index is -4.42. The highest BCUT2D eigenvalue weighted by Gasteiger charge is 2.32. The van der Waals surface area contributed by atoms with Gasteiger partial charge in [-0.25, -0.2) is 4.79 Å². The van der Waals surface area contributed by atoms with Crippen molar-refractivity contribution in [3.8, 4) is 5.75 Å². The van der Waals surface area contributed by atoms with Gasteiger partial charge >= 0.3 is 12.1 Å². The molecule has 0 amide bonds. The van der Waals surface area contributed by atoms with Gasteiger partial charge in [0.05, 0.1) is 30.5 Å². The molecule has 0 aliphatic heterocycles. The molecule has 1 aromatic carbocycles. The van der Waals surface area contributed by atoms with Crippen molar-refractivity contribution < 1.29 is 27.4 Å². The van der Waals surface area contributed by atoms with E-state index in [4.69, 9.17) is 9.47 Å². The molecule has 0 saturated heterocycles. The van der Waals surface area contributed by atoms with Crippen LogP contribution in [0.25, 0.3) is 0 Å². The normalized spacial score (nSPS) is 12.5. The summed E-state index contributed by atoms with van der Waals surface area (Å²) >= 11 is 0. The first kappa shape index (κ1) is 19.6. The van der Waals surface area contributed by atoms with Crippen LogP contribution in [-0.4, -0.2) is 28.5 Å². The van der Waals surface area contributed by atoms with Crippen LogP contribution < -0.4 is 4.74 Å². The van der Waals surface area contributed by atoms with Crippen LogP contribution in [0.2, 0.25) is 0 Å². The van der Waals surface area contributed by atoms with Crippen LogP contribution in [-0.2, 0) is 11.3 Å². The Balaban J connectivity index is 2.03. The van der Waals surface area contributed by atoms with Crippen LogP contribution in [0.5, 0.6) is 5.75 Å². The monoisotopic (exact) mass is 368 g/mol. The van der Waals surface area contributed by atoms with E-state index < -0.39 is 17.7 Å². The molecule has 0 saturated carbocycles. The number of carbonyl (C=O) groups is 1. The molecule has 1 heterocycles. The predicted octanol–water partition coefficient (Wildman–Crippen LogP) is 4.34. The van der Waals surface area contributed by atoms with Crippen LogP contribution >= 0.6 is 0 Å². The number of nitrogens with zero attached hydrogens (tertiary/aromatic N) is 2. The molecule has 2 rings (SSSR count). The Morgan fingerprint density at radius 2 is 1.85 bits per heavy atom. The zero-order chi connectivity index (χ0) is 19.3. The summed E-state index contributed by atoms with van der Waals surface area (Å²) in [7, 11) is 0. The molecule has 26 heavy (non-hydrogen) atoms. The number of alkyl halides is 3.